The number of fused-ring (bicyclic) bond motifs is 1. The molecule has 2 heterocycles. The average molecular weight is 256 g/mol. The lowest BCUT2D eigenvalue weighted by Crippen LogP contribution is -2.12. The molecular formula is C13H9FN4O. The number of pyridine rings is 1. The summed E-state index contributed by atoms with van der Waals surface area (Å²) in [6, 6.07) is 7.88. The molecule has 0 radical (unpaired) electrons. The lowest BCUT2D eigenvalue weighted by atomic mass is 10.2. The van der Waals surface area contributed by atoms with Crippen molar-refractivity contribution in [1.82, 2.24) is 15.2 Å². The highest BCUT2D eigenvalue weighted by Gasteiger charge is 2.08. The predicted octanol–water partition coefficient (Wildman–Crippen LogP) is 2.35. The van der Waals surface area contributed by atoms with E-state index in [2.05, 4.69) is 20.5 Å². The molecule has 0 aliphatic rings. The highest BCUT2D eigenvalue weighted by atomic mass is 19.1. The molecule has 6 heteroatoms. The Bertz CT molecular complexity index is 753. The largest absolute Gasteiger partial charge is 0.322 e. The van der Waals surface area contributed by atoms with Gasteiger partial charge in [-0.3, -0.25) is 9.89 Å². The second-order valence-electron chi connectivity index (χ2n) is 3.99. The minimum atomic E-state index is -0.682. The first-order chi connectivity index (χ1) is 9.22. The summed E-state index contributed by atoms with van der Waals surface area (Å²) in [5.74, 6) is -1.07. The number of aromatic amines is 1. The number of carbonyl (C=O) groups excluding carboxylic acids is 1. The van der Waals surface area contributed by atoms with Gasteiger partial charge in [-0.15, -0.1) is 0 Å². The zero-order chi connectivity index (χ0) is 13.2. The smallest absolute Gasteiger partial charge is 0.255 e. The second-order valence-corrected chi connectivity index (χ2v) is 3.99. The zero-order valence-electron chi connectivity index (χ0n) is 9.72. The van der Waals surface area contributed by atoms with Gasteiger partial charge in [-0.05, 0) is 24.3 Å². The van der Waals surface area contributed by atoms with E-state index in [0.29, 0.717) is 5.69 Å². The highest BCUT2D eigenvalue weighted by molar-refractivity contribution is 6.04. The molecule has 94 valence electrons. The number of nitrogens with one attached hydrogen (secondary N) is 2. The molecule has 0 fully saturated rings. The molecule has 1 amide bonds. The molecule has 2 aromatic heterocycles. The van der Waals surface area contributed by atoms with Crippen molar-refractivity contribution in [3.8, 4) is 0 Å². The molecule has 0 spiro atoms. The van der Waals surface area contributed by atoms with Crippen LogP contribution in [0, 0.1) is 5.95 Å². The van der Waals surface area contributed by atoms with Crippen LogP contribution in [0.4, 0.5) is 10.1 Å². The maximum absolute atomic E-state index is 12.9. The quantitative estimate of drug-likeness (QED) is 0.691. The summed E-state index contributed by atoms with van der Waals surface area (Å²) in [7, 11) is 0. The fraction of sp³-hybridized carbons (Fsp3) is 0. The van der Waals surface area contributed by atoms with Crippen LogP contribution in [0.25, 0.3) is 10.9 Å². The molecule has 0 saturated heterocycles. The van der Waals surface area contributed by atoms with Gasteiger partial charge in [0.2, 0.25) is 5.95 Å². The molecule has 2 N–H and O–H groups in total. The number of rotatable bonds is 2. The maximum atomic E-state index is 12.9. The standard InChI is InChI=1S/C13H9FN4O/c14-12-6-8(3-4-15-12)13(19)17-10-1-2-11-9(5-10)7-16-18-11/h1-7H,(H,16,18)(H,17,19). The minimum absolute atomic E-state index is 0.222. The van der Waals surface area contributed by atoms with E-state index in [1.54, 1.807) is 18.3 Å². The van der Waals surface area contributed by atoms with Crippen molar-refractivity contribution >= 4 is 22.5 Å². The third kappa shape index (κ3) is 2.28. The van der Waals surface area contributed by atoms with Crippen LogP contribution in [-0.4, -0.2) is 21.1 Å². The summed E-state index contributed by atoms with van der Waals surface area (Å²) in [5.41, 5.74) is 1.73. The van der Waals surface area contributed by atoms with Crippen molar-refractivity contribution in [2.24, 2.45) is 0 Å². The summed E-state index contributed by atoms with van der Waals surface area (Å²) in [5, 5.41) is 10.3. The van der Waals surface area contributed by atoms with Crippen LogP contribution in [0.5, 0.6) is 0 Å². The Morgan fingerprint density at radius 2 is 2.16 bits per heavy atom. The van der Waals surface area contributed by atoms with Crippen molar-refractivity contribution < 1.29 is 9.18 Å². The summed E-state index contributed by atoms with van der Waals surface area (Å²) >= 11 is 0. The highest BCUT2D eigenvalue weighted by Crippen LogP contribution is 2.17. The second kappa shape index (κ2) is 4.49. The number of aromatic nitrogens is 3. The van der Waals surface area contributed by atoms with Gasteiger partial charge >= 0.3 is 0 Å². The van der Waals surface area contributed by atoms with Crippen LogP contribution in [0.3, 0.4) is 0 Å². The molecular weight excluding hydrogens is 247 g/mol. The summed E-state index contributed by atoms with van der Waals surface area (Å²) < 4.78 is 12.9. The van der Waals surface area contributed by atoms with Gasteiger partial charge in [0, 0.05) is 28.9 Å². The molecule has 0 unspecified atom stereocenters. The molecule has 1 aromatic carbocycles. The van der Waals surface area contributed by atoms with Gasteiger partial charge in [0.1, 0.15) is 0 Å². The molecule has 3 rings (SSSR count). The van der Waals surface area contributed by atoms with Crippen LogP contribution >= 0.6 is 0 Å². The summed E-state index contributed by atoms with van der Waals surface area (Å²) in [6.45, 7) is 0. The molecule has 19 heavy (non-hydrogen) atoms. The number of H-pyrrole nitrogens is 1. The molecule has 0 bridgehead atoms. The zero-order valence-corrected chi connectivity index (χ0v) is 9.72. The lowest BCUT2D eigenvalue weighted by Gasteiger charge is -2.05. The van der Waals surface area contributed by atoms with Gasteiger partial charge < -0.3 is 5.32 Å². The topological polar surface area (TPSA) is 70.7 Å². The van der Waals surface area contributed by atoms with E-state index in [4.69, 9.17) is 0 Å². The van der Waals surface area contributed by atoms with Gasteiger partial charge in [0.05, 0.1) is 11.7 Å². The van der Waals surface area contributed by atoms with Crippen molar-refractivity contribution in [2.75, 3.05) is 5.32 Å². The molecule has 3 aromatic rings. The van der Waals surface area contributed by atoms with Crippen LogP contribution in [-0.2, 0) is 0 Å². The van der Waals surface area contributed by atoms with E-state index in [1.165, 1.54) is 12.3 Å². The number of halogens is 1. The number of carbonyl (C=O) groups is 1. The molecule has 0 aliphatic carbocycles. The first-order valence-electron chi connectivity index (χ1n) is 5.58. The monoisotopic (exact) mass is 256 g/mol. The van der Waals surface area contributed by atoms with Gasteiger partial charge in [0.15, 0.2) is 0 Å². The first kappa shape index (κ1) is 11.3. The SMILES string of the molecule is O=C(Nc1ccc2[nH]ncc2c1)c1ccnc(F)c1. The van der Waals surface area contributed by atoms with Crippen LogP contribution < -0.4 is 5.32 Å². The third-order valence-corrected chi connectivity index (χ3v) is 2.69. The number of amides is 1. The third-order valence-electron chi connectivity index (χ3n) is 2.69. The van der Waals surface area contributed by atoms with Crippen LogP contribution in [0.1, 0.15) is 10.4 Å². The number of hydrogen-bond acceptors (Lipinski definition) is 3. The molecule has 0 aliphatic heterocycles. The Hall–Kier alpha value is -2.76. The number of anilines is 1. The van der Waals surface area contributed by atoms with E-state index in [9.17, 15) is 9.18 Å². The van der Waals surface area contributed by atoms with Crippen molar-refractivity contribution in [3.63, 3.8) is 0 Å². The Labute approximate surface area is 107 Å². The average Bonchev–Trinajstić information content (AvgIpc) is 2.86. The fourth-order valence-electron chi connectivity index (χ4n) is 1.77. The van der Waals surface area contributed by atoms with Gasteiger partial charge in [-0.2, -0.15) is 9.49 Å². The number of benzene rings is 1. The fourth-order valence-corrected chi connectivity index (χ4v) is 1.77. The summed E-state index contributed by atoms with van der Waals surface area (Å²) in [6.07, 6.45) is 2.92. The number of hydrogen-bond donors (Lipinski definition) is 2. The van der Waals surface area contributed by atoms with Gasteiger partial charge in [-0.25, -0.2) is 4.98 Å². The van der Waals surface area contributed by atoms with Crippen LogP contribution in [0.2, 0.25) is 0 Å². The van der Waals surface area contributed by atoms with Crippen LogP contribution in [0.15, 0.2) is 42.7 Å². The summed E-state index contributed by atoms with van der Waals surface area (Å²) in [4.78, 5) is 15.3. The maximum Gasteiger partial charge on any atom is 0.255 e. The Morgan fingerprint density at radius 3 is 3.00 bits per heavy atom. The first-order valence-corrected chi connectivity index (χ1v) is 5.58. The Balaban J connectivity index is 1.86. The number of nitrogens with zero attached hydrogens (tertiary/aromatic N) is 2. The van der Waals surface area contributed by atoms with E-state index in [1.807, 2.05) is 6.07 Å². The predicted molar refractivity (Wildman–Crippen MR) is 68.2 cm³/mol. The van der Waals surface area contributed by atoms with E-state index in [0.717, 1.165) is 17.0 Å². The Morgan fingerprint density at radius 1 is 1.26 bits per heavy atom. The molecule has 0 atom stereocenters. The van der Waals surface area contributed by atoms with Crippen molar-refractivity contribution in [2.45, 2.75) is 0 Å². The van der Waals surface area contributed by atoms with E-state index < -0.39 is 5.95 Å². The Kier molecular flexibility index (Phi) is 2.68. The normalized spacial score (nSPS) is 10.6. The van der Waals surface area contributed by atoms with E-state index in [-0.39, 0.29) is 11.5 Å². The van der Waals surface area contributed by atoms with E-state index >= 15 is 0 Å². The van der Waals surface area contributed by atoms with Gasteiger partial charge in [-0.1, -0.05) is 0 Å². The van der Waals surface area contributed by atoms with Gasteiger partial charge in [0.25, 0.3) is 5.91 Å². The molecule has 5 nitrogen and oxygen atoms in total. The minimum Gasteiger partial charge on any atom is -0.322 e. The van der Waals surface area contributed by atoms with Crippen molar-refractivity contribution in [3.05, 3.63) is 54.2 Å². The molecule has 0 saturated carbocycles. The van der Waals surface area contributed by atoms with Crippen molar-refractivity contribution in [1.29, 1.82) is 0 Å². The lowest BCUT2D eigenvalue weighted by molar-refractivity contribution is 0.102.